The van der Waals surface area contributed by atoms with E-state index in [2.05, 4.69) is 18.2 Å². The Bertz CT molecular complexity index is 656. The third-order valence-electron chi connectivity index (χ3n) is 3.77. The number of ether oxygens (including phenoxy) is 1. The average molecular weight is 264 g/mol. The summed E-state index contributed by atoms with van der Waals surface area (Å²) in [5.41, 5.74) is 11.3. The Morgan fingerprint density at radius 2 is 2.00 bits per heavy atom. The van der Waals surface area contributed by atoms with Crippen molar-refractivity contribution < 1.29 is 4.74 Å². The van der Waals surface area contributed by atoms with Gasteiger partial charge in [-0.15, -0.1) is 0 Å². The van der Waals surface area contributed by atoms with Crippen molar-refractivity contribution in [3.8, 4) is 17.2 Å². The molecule has 100 valence electrons. The minimum absolute atomic E-state index is 0.00270. The molecule has 0 aliphatic carbocycles. The number of nitrogens with zero attached hydrogens (tertiary/aromatic N) is 1. The zero-order valence-corrected chi connectivity index (χ0v) is 11.2. The van der Waals surface area contributed by atoms with Gasteiger partial charge >= 0.3 is 0 Å². The van der Waals surface area contributed by atoms with Gasteiger partial charge in [0, 0.05) is 6.54 Å². The van der Waals surface area contributed by atoms with Crippen molar-refractivity contribution in [2.24, 2.45) is 5.73 Å². The van der Waals surface area contributed by atoms with E-state index in [9.17, 15) is 0 Å². The zero-order valence-electron chi connectivity index (χ0n) is 11.2. The first-order valence-corrected chi connectivity index (χ1v) is 6.77. The molecule has 0 saturated carbocycles. The standard InChI is InChI=1S/C17H16N2O/c18-10-12-4-6-13(7-5-12)14-2-1-3-16-15(14)8-9-20-17(16)11-19/h1-7,17H,8-9,11,19H2/t17-/m1/s1. The smallest absolute Gasteiger partial charge is 0.0991 e. The molecule has 3 rings (SSSR count). The van der Waals surface area contributed by atoms with Crippen molar-refractivity contribution in [3.05, 3.63) is 59.2 Å². The van der Waals surface area contributed by atoms with E-state index in [1.165, 1.54) is 16.7 Å². The summed E-state index contributed by atoms with van der Waals surface area (Å²) >= 11 is 0. The third-order valence-corrected chi connectivity index (χ3v) is 3.77. The van der Waals surface area contributed by atoms with Gasteiger partial charge in [-0.2, -0.15) is 5.26 Å². The summed E-state index contributed by atoms with van der Waals surface area (Å²) in [6.07, 6.45) is 0.902. The van der Waals surface area contributed by atoms with Gasteiger partial charge in [-0.25, -0.2) is 0 Å². The van der Waals surface area contributed by atoms with Crippen LogP contribution in [0.3, 0.4) is 0 Å². The Morgan fingerprint density at radius 3 is 2.70 bits per heavy atom. The van der Waals surface area contributed by atoms with Crippen LogP contribution in [0, 0.1) is 11.3 Å². The molecular formula is C17H16N2O. The molecule has 1 aliphatic heterocycles. The van der Waals surface area contributed by atoms with Crippen LogP contribution in [0.4, 0.5) is 0 Å². The van der Waals surface area contributed by atoms with Crippen LogP contribution in [0.1, 0.15) is 22.8 Å². The Labute approximate surface area is 118 Å². The SMILES string of the molecule is N#Cc1ccc(-c2cccc3c2CCO[C@@H]3CN)cc1. The first-order valence-electron chi connectivity index (χ1n) is 6.77. The molecule has 0 radical (unpaired) electrons. The molecule has 2 N–H and O–H groups in total. The highest BCUT2D eigenvalue weighted by Crippen LogP contribution is 2.34. The van der Waals surface area contributed by atoms with E-state index in [-0.39, 0.29) is 6.10 Å². The van der Waals surface area contributed by atoms with Gasteiger partial charge in [0.25, 0.3) is 0 Å². The fourth-order valence-electron chi connectivity index (χ4n) is 2.77. The topological polar surface area (TPSA) is 59.0 Å². The monoisotopic (exact) mass is 264 g/mol. The molecule has 3 heteroatoms. The normalized spacial score (nSPS) is 17.3. The Hall–Kier alpha value is -2.15. The largest absolute Gasteiger partial charge is 0.372 e. The summed E-state index contributed by atoms with van der Waals surface area (Å²) in [5.74, 6) is 0. The lowest BCUT2D eigenvalue weighted by molar-refractivity contribution is 0.0486. The third kappa shape index (κ3) is 2.20. The van der Waals surface area contributed by atoms with Crippen molar-refractivity contribution >= 4 is 0 Å². The molecule has 0 saturated heterocycles. The quantitative estimate of drug-likeness (QED) is 0.907. The molecule has 1 aliphatic rings. The number of hydrogen-bond acceptors (Lipinski definition) is 3. The van der Waals surface area contributed by atoms with Gasteiger partial charge in [0.05, 0.1) is 24.3 Å². The maximum atomic E-state index is 8.88. The minimum atomic E-state index is -0.00270. The molecule has 3 nitrogen and oxygen atoms in total. The maximum absolute atomic E-state index is 8.88. The lowest BCUT2D eigenvalue weighted by Crippen LogP contribution is -2.23. The molecule has 0 aromatic heterocycles. The summed E-state index contributed by atoms with van der Waals surface area (Å²) in [5, 5.41) is 8.88. The van der Waals surface area contributed by atoms with Crippen molar-refractivity contribution in [2.45, 2.75) is 12.5 Å². The molecule has 0 amide bonds. The number of nitriles is 1. The van der Waals surface area contributed by atoms with E-state index in [1.807, 2.05) is 30.3 Å². The predicted octanol–water partition coefficient (Wildman–Crippen LogP) is 2.80. The summed E-state index contributed by atoms with van der Waals surface area (Å²) in [6.45, 7) is 1.21. The summed E-state index contributed by atoms with van der Waals surface area (Å²) in [6, 6.07) is 16.1. The molecule has 2 aromatic carbocycles. The van der Waals surface area contributed by atoms with Crippen LogP contribution in [0.25, 0.3) is 11.1 Å². The summed E-state index contributed by atoms with van der Waals surface area (Å²) in [4.78, 5) is 0. The number of hydrogen-bond donors (Lipinski definition) is 1. The van der Waals surface area contributed by atoms with Crippen LogP contribution in [0.15, 0.2) is 42.5 Å². The van der Waals surface area contributed by atoms with Gasteiger partial charge in [0.15, 0.2) is 0 Å². The van der Waals surface area contributed by atoms with Crippen molar-refractivity contribution in [1.29, 1.82) is 5.26 Å². The summed E-state index contributed by atoms with van der Waals surface area (Å²) < 4.78 is 5.71. The Morgan fingerprint density at radius 1 is 1.20 bits per heavy atom. The molecule has 1 heterocycles. The molecule has 2 aromatic rings. The van der Waals surface area contributed by atoms with E-state index in [0.29, 0.717) is 18.7 Å². The molecule has 0 bridgehead atoms. The van der Waals surface area contributed by atoms with Gasteiger partial charge < -0.3 is 10.5 Å². The molecule has 0 unspecified atom stereocenters. The van der Waals surface area contributed by atoms with Crippen LogP contribution in [0.2, 0.25) is 0 Å². The van der Waals surface area contributed by atoms with E-state index >= 15 is 0 Å². The van der Waals surface area contributed by atoms with Crippen molar-refractivity contribution in [1.82, 2.24) is 0 Å². The molecule has 1 atom stereocenters. The van der Waals surface area contributed by atoms with Crippen LogP contribution < -0.4 is 5.73 Å². The number of fused-ring (bicyclic) bond motifs is 1. The van der Waals surface area contributed by atoms with Crippen LogP contribution in [-0.4, -0.2) is 13.2 Å². The fourth-order valence-corrected chi connectivity index (χ4v) is 2.77. The van der Waals surface area contributed by atoms with Crippen molar-refractivity contribution in [3.63, 3.8) is 0 Å². The molecule has 20 heavy (non-hydrogen) atoms. The second-order valence-corrected chi connectivity index (χ2v) is 4.91. The van der Waals surface area contributed by atoms with Crippen LogP contribution >= 0.6 is 0 Å². The van der Waals surface area contributed by atoms with Gasteiger partial charge in [0.2, 0.25) is 0 Å². The lowest BCUT2D eigenvalue weighted by Gasteiger charge is -2.27. The van der Waals surface area contributed by atoms with E-state index in [4.69, 9.17) is 15.7 Å². The molecular weight excluding hydrogens is 248 g/mol. The predicted molar refractivity (Wildman–Crippen MR) is 78.0 cm³/mol. The van der Waals surface area contributed by atoms with Gasteiger partial charge in [-0.1, -0.05) is 30.3 Å². The molecule has 0 fully saturated rings. The highest BCUT2D eigenvalue weighted by atomic mass is 16.5. The first-order chi connectivity index (χ1) is 9.83. The summed E-state index contributed by atoms with van der Waals surface area (Å²) in [7, 11) is 0. The highest BCUT2D eigenvalue weighted by Gasteiger charge is 2.21. The number of rotatable bonds is 2. The van der Waals surface area contributed by atoms with Crippen LogP contribution in [0.5, 0.6) is 0 Å². The van der Waals surface area contributed by atoms with Crippen molar-refractivity contribution in [2.75, 3.05) is 13.2 Å². The van der Waals surface area contributed by atoms with Gasteiger partial charge in [-0.3, -0.25) is 0 Å². The number of nitrogens with two attached hydrogens (primary N) is 1. The maximum Gasteiger partial charge on any atom is 0.0991 e. The number of benzene rings is 2. The average Bonchev–Trinajstić information content (AvgIpc) is 2.54. The van der Waals surface area contributed by atoms with Gasteiger partial charge in [-0.05, 0) is 40.8 Å². The van der Waals surface area contributed by atoms with E-state index < -0.39 is 0 Å². The Balaban J connectivity index is 2.08. The molecule has 0 spiro atoms. The van der Waals surface area contributed by atoms with E-state index in [0.717, 1.165) is 12.0 Å². The van der Waals surface area contributed by atoms with Crippen LogP contribution in [-0.2, 0) is 11.2 Å². The second kappa shape index (κ2) is 5.46. The zero-order chi connectivity index (χ0) is 13.9. The lowest BCUT2D eigenvalue weighted by atomic mass is 9.89. The second-order valence-electron chi connectivity index (χ2n) is 4.91. The Kier molecular flexibility index (Phi) is 3.51. The fraction of sp³-hybridized carbons (Fsp3) is 0.235. The van der Waals surface area contributed by atoms with Gasteiger partial charge in [0.1, 0.15) is 0 Å². The van der Waals surface area contributed by atoms with E-state index in [1.54, 1.807) is 0 Å². The highest BCUT2D eigenvalue weighted by molar-refractivity contribution is 5.70. The first kappa shape index (κ1) is 12.9. The minimum Gasteiger partial charge on any atom is -0.372 e.